The van der Waals surface area contributed by atoms with Crippen LogP contribution in [0.2, 0.25) is 0 Å². The van der Waals surface area contributed by atoms with Crippen LogP contribution >= 0.6 is 11.3 Å². The van der Waals surface area contributed by atoms with Crippen LogP contribution in [0.3, 0.4) is 0 Å². The molecular weight excluding hydrogens is 513 g/mol. The quantitative estimate of drug-likeness (QED) is 0.193. The first-order valence-corrected chi connectivity index (χ1v) is 14.9. The van der Waals surface area contributed by atoms with Gasteiger partial charge in [-0.25, -0.2) is 0 Å². The van der Waals surface area contributed by atoms with Crippen LogP contribution < -0.4 is 0 Å². The van der Waals surface area contributed by atoms with Crippen molar-refractivity contribution in [3.8, 4) is 22.3 Å². The van der Waals surface area contributed by atoms with Gasteiger partial charge in [0.25, 0.3) is 0 Å². The van der Waals surface area contributed by atoms with Crippen molar-refractivity contribution in [1.29, 1.82) is 0 Å². The summed E-state index contributed by atoms with van der Waals surface area (Å²) in [7, 11) is 0. The average molecular weight is 537 g/mol. The van der Waals surface area contributed by atoms with Crippen LogP contribution in [0.1, 0.15) is 0 Å². The number of fused-ring (bicyclic) bond motifs is 7. The van der Waals surface area contributed by atoms with E-state index in [2.05, 4.69) is 146 Å². The second-order valence-electron chi connectivity index (χ2n) is 10.9. The third-order valence-electron chi connectivity index (χ3n) is 8.61. The summed E-state index contributed by atoms with van der Waals surface area (Å²) < 4.78 is 2.70. The zero-order chi connectivity index (χ0) is 26.9. The molecule has 0 aliphatic rings. The molecule has 0 aliphatic heterocycles. The molecule has 0 N–H and O–H groups in total. The summed E-state index contributed by atoms with van der Waals surface area (Å²) >= 11 is 1.88. The van der Waals surface area contributed by atoms with E-state index in [1.807, 2.05) is 11.3 Å². The summed E-state index contributed by atoms with van der Waals surface area (Å²) in [5, 5.41) is 13.0. The topological polar surface area (TPSA) is 0 Å². The van der Waals surface area contributed by atoms with Crippen molar-refractivity contribution in [2.45, 2.75) is 0 Å². The van der Waals surface area contributed by atoms with Crippen molar-refractivity contribution >= 4 is 74.6 Å². The Morgan fingerprint density at radius 2 is 0.927 bits per heavy atom. The van der Waals surface area contributed by atoms with Crippen LogP contribution in [0, 0.1) is 0 Å². The molecule has 190 valence electrons. The number of benzene rings is 8. The summed E-state index contributed by atoms with van der Waals surface area (Å²) in [5.74, 6) is 0. The fourth-order valence-corrected chi connectivity index (χ4v) is 7.93. The van der Waals surface area contributed by atoms with E-state index in [4.69, 9.17) is 0 Å². The van der Waals surface area contributed by atoms with Crippen molar-refractivity contribution in [3.63, 3.8) is 0 Å². The first kappa shape index (κ1) is 22.8. The van der Waals surface area contributed by atoms with Gasteiger partial charge in [-0.15, -0.1) is 11.3 Å². The predicted molar refractivity (Wildman–Crippen MR) is 180 cm³/mol. The average Bonchev–Trinajstić information content (AvgIpc) is 3.39. The second kappa shape index (κ2) is 8.76. The lowest BCUT2D eigenvalue weighted by molar-refractivity contribution is 1.69. The standard InChI is InChI=1S/C40H24S/c1-2-12-29-25(10-1)11-9-18-31(29)40-34-16-5-3-14-32(34)39(33-15-4-6-17-35(33)40)27-21-20-26-24-38-36(23-28(26)22-27)30-13-7-8-19-37(30)41-38/h1-24H. The monoisotopic (exact) mass is 536 g/mol. The van der Waals surface area contributed by atoms with E-state index in [0.29, 0.717) is 0 Å². The zero-order valence-corrected chi connectivity index (χ0v) is 23.1. The Kier molecular flexibility index (Phi) is 4.87. The Balaban J connectivity index is 1.38. The molecule has 0 atom stereocenters. The lowest BCUT2D eigenvalue weighted by Crippen LogP contribution is -1.91. The smallest absolute Gasteiger partial charge is 0.0361 e. The van der Waals surface area contributed by atoms with Crippen LogP contribution in [0.15, 0.2) is 146 Å². The van der Waals surface area contributed by atoms with Gasteiger partial charge in [0.05, 0.1) is 0 Å². The second-order valence-corrected chi connectivity index (χ2v) is 12.0. The maximum Gasteiger partial charge on any atom is 0.0361 e. The number of rotatable bonds is 2. The van der Waals surface area contributed by atoms with E-state index in [1.165, 1.54) is 85.5 Å². The fraction of sp³-hybridized carbons (Fsp3) is 0. The number of thiophene rings is 1. The predicted octanol–water partition coefficient (Wildman–Crippen LogP) is 12.0. The van der Waals surface area contributed by atoms with Crippen molar-refractivity contribution in [2.75, 3.05) is 0 Å². The Hall–Kier alpha value is -4.98. The molecule has 1 heteroatoms. The maximum absolute atomic E-state index is 2.40. The van der Waals surface area contributed by atoms with Crippen molar-refractivity contribution in [1.82, 2.24) is 0 Å². The summed E-state index contributed by atoms with van der Waals surface area (Å²) in [6.07, 6.45) is 0. The molecule has 0 unspecified atom stereocenters. The van der Waals surface area contributed by atoms with Gasteiger partial charge >= 0.3 is 0 Å². The van der Waals surface area contributed by atoms with Gasteiger partial charge in [-0.05, 0) is 89.6 Å². The molecule has 0 radical (unpaired) electrons. The zero-order valence-electron chi connectivity index (χ0n) is 22.3. The third-order valence-corrected chi connectivity index (χ3v) is 9.75. The van der Waals surface area contributed by atoms with Crippen LogP contribution in [0.25, 0.3) is 85.5 Å². The van der Waals surface area contributed by atoms with E-state index in [9.17, 15) is 0 Å². The molecular formula is C40H24S. The highest BCUT2D eigenvalue weighted by Gasteiger charge is 2.18. The van der Waals surface area contributed by atoms with E-state index >= 15 is 0 Å². The Bertz CT molecular complexity index is 2410. The van der Waals surface area contributed by atoms with Gasteiger partial charge in [0, 0.05) is 20.2 Å². The molecule has 0 fully saturated rings. The highest BCUT2D eigenvalue weighted by molar-refractivity contribution is 7.25. The van der Waals surface area contributed by atoms with Crippen LogP contribution in [-0.2, 0) is 0 Å². The molecule has 0 saturated heterocycles. The highest BCUT2D eigenvalue weighted by Crippen LogP contribution is 2.46. The Morgan fingerprint density at radius 3 is 1.68 bits per heavy atom. The normalized spacial score (nSPS) is 11.9. The molecule has 1 heterocycles. The van der Waals surface area contributed by atoms with Crippen molar-refractivity contribution in [2.24, 2.45) is 0 Å². The van der Waals surface area contributed by atoms with Gasteiger partial charge in [0.2, 0.25) is 0 Å². The third kappa shape index (κ3) is 3.40. The highest BCUT2D eigenvalue weighted by atomic mass is 32.1. The Labute approximate surface area is 241 Å². The van der Waals surface area contributed by atoms with E-state index in [0.717, 1.165) is 0 Å². The van der Waals surface area contributed by atoms with Crippen LogP contribution in [0.4, 0.5) is 0 Å². The van der Waals surface area contributed by atoms with Crippen LogP contribution in [-0.4, -0.2) is 0 Å². The first-order chi connectivity index (χ1) is 20.3. The van der Waals surface area contributed by atoms with E-state index in [-0.39, 0.29) is 0 Å². The number of hydrogen-bond acceptors (Lipinski definition) is 1. The lowest BCUT2D eigenvalue weighted by Gasteiger charge is -2.19. The molecule has 0 aliphatic carbocycles. The first-order valence-electron chi connectivity index (χ1n) is 14.1. The summed E-state index contributed by atoms with van der Waals surface area (Å²) in [6, 6.07) is 53.8. The summed E-state index contributed by atoms with van der Waals surface area (Å²) in [4.78, 5) is 0. The minimum Gasteiger partial charge on any atom is -0.135 e. The molecule has 9 aromatic rings. The molecule has 0 spiro atoms. The molecule has 9 rings (SSSR count). The molecule has 0 nitrogen and oxygen atoms in total. The minimum absolute atomic E-state index is 1.26. The van der Waals surface area contributed by atoms with Crippen molar-refractivity contribution < 1.29 is 0 Å². The van der Waals surface area contributed by atoms with Gasteiger partial charge in [-0.1, -0.05) is 121 Å². The molecule has 0 saturated carbocycles. The SMILES string of the molecule is c1ccc2c(-c3c4ccccc4c(-c4ccc5cc6sc7ccccc7c6cc5c4)c4ccccc34)cccc2c1. The van der Waals surface area contributed by atoms with Crippen LogP contribution in [0.5, 0.6) is 0 Å². The van der Waals surface area contributed by atoms with E-state index in [1.54, 1.807) is 0 Å². The number of hydrogen-bond donors (Lipinski definition) is 0. The maximum atomic E-state index is 2.40. The molecule has 0 bridgehead atoms. The van der Waals surface area contributed by atoms with Gasteiger partial charge in [-0.3, -0.25) is 0 Å². The lowest BCUT2D eigenvalue weighted by atomic mass is 9.84. The summed E-state index contributed by atoms with van der Waals surface area (Å²) in [5.41, 5.74) is 5.15. The van der Waals surface area contributed by atoms with Gasteiger partial charge in [-0.2, -0.15) is 0 Å². The van der Waals surface area contributed by atoms with Gasteiger partial charge < -0.3 is 0 Å². The molecule has 1 aromatic heterocycles. The summed E-state index contributed by atoms with van der Waals surface area (Å²) in [6.45, 7) is 0. The van der Waals surface area contributed by atoms with Gasteiger partial charge in [0.1, 0.15) is 0 Å². The minimum atomic E-state index is 1.26. The Morgan fingerprint density at radius 1 is 0.317 bits per heavy atom. The molecule has 41 heavy (non-hydrogen) atoms. The van der Waals surface area contributed by atoms with Gasteiger partial charge in [0.15, 0.2) is 0 Å². The molecule has 8 aromatic carbocycles. The largest absolute Gasteiger partial charge is 0.135 e. The van der Waals surface area contributed by atoms with E-state index < -0.39 is 0 Å². The molecule has 0 amide bonds. The fourth-order valence-electron chi connectivity index (χ4n) is 6.80. The van der Waals surface area contributed by atoms with Crippen molar-refractivity contribution in [3.05, 3.63) is 146 Å².